The van der Waals surface area contributed by atoms with Crippen LogP contribution in [0.1, 0.15) is 39.7 Å². The molecule has 0 saturated heterocycles. The summed E-state index contributed by atoms with van der Waals surface area (Å²) in [5.41, 5.74) is 0.831. The van der Waals surface area contributed by atoms with E-state index in [1.54, 1.807) is 18.2 Å². The Morgan fingerprint density at radius 2 is 1.71 bits per heavy atom. The molecule has 1 atom stereocenters. The summed E-state index contributed by atoms with van der Waals surface area (Å²) in [5.74, 6) is -0.734. The number of anilines is 1. The molecule has 2 aromatic rings. The number of benzene rings is 2. The minimum Gasteiger partial charge on any atom is -0.350 e. The van der Waals surface area contributed by atoms with Crippen LogP contribution < -0.4 is 9.62 Å². The summed E-state index contributed by atoms with van der Waals surface area (Å²) in [5, 5.41) is 3.30. The number of hydrogen-bond acceptors (Lipinski definition) is 4. The Bertz CT molecular complexity index is 1080. The molecule has 0 radical (unpaired) electrons. The third-order valence-electron chi connectivity index (χ3n) is 5.14. The monoisotopic (exact) mass is 507 g/mol. The van der Waals surface area contributed by atoms with E-state index >= 15 is 0 Å². The van der Waals surface area contributed by atoms with Crippen molar-refractivity contribution in [3.8, 4) is 0 Å². The quantitative estimate of drug-likeness (QED) is 0.529. The maximum absolute atomic E-state index is 13.6. The predicted octanol–water partition coefficient (Wildman–Crippen LogP) is 3.87. The zero-order chi connectivity index (χ0) is 25.5. The van der Waals surface area contributed by atoms with Crippen LogP contribution in [0.15, 0.2) is 54.6 Å². The highest BCUT2D eigenvalue weighted by atomic mass is 35.5. The summed E-state index contributed by atoms with van der Waals surface area (Å²) in [4.78, 5) is 28.1. The Balaban J connectivity index is 2.38. The fourth-order valence-corrected chi connectivity index (χ4v) is 4.62. The van der Waals surface area contributed by atoms with Gasteiger partial charge in [-0.1, -0.05) is 54.9 Å². The molecule has 0 aromatic heterocycles. The highest BCUT2D eigenvalue weighted by molar-refractivity contribution is 7.92. The van der Waals surface area contributed by atoms with Crippen LogP contribution in [0.4, 0.5) is 5.69 Å². The minimum absolute atomic E-state index is 0.270. The Hall–Kier alpha value is -2.58. The van der Waals surface area contributed by atoms with Crippen molar-refractivity contribution >= 4 is 39.1 Å². The molecule has 0 spiro atoms. The average Bonchev–Trinajstić information content (AvgIpc) is 2.73. The zero-order valence-corrected chi connectivity index (χ0v) is 22.0. The molecule has 2 aromatic carbocycles. The van der Waals surface area contributed by atoms with Crippen LogP contribution in [0.5, 0.6) is 0 Å². The van der Waals surface area contributed by atoms with Gasteiger partial charge in [0.05, 0.1) is 11.9 Å². The van der Waals surface area contributed by atoms with Gasteiger partial charge in [-0.25, -0.2) is 8.42 Å². The highest BCUT2D eigenvalue weighted by Crippen LogP contribution is 2.22. The molecule has 0 fully saturated rings. The molecule has 7 nitrogen and oxygen atoms in total. The molecule has 2 rings (SSSR count). The molecule has 9 heteroatoms. The van der Waals surface area contributed by atoms with Crippen molar-refractivity contribution in [1.82, 2.24) is 10.2 Å². The number of nitrogens with one attached hydrogen (secondary N) is 1. The van der Waals surface area contributed by atoms with Gasteiger partial charge in [0.15, 0.2) is 0 Å². The lowest BCUT2D eigenvalue weighted by Crippen LogP contribution is -2.56. The summed E-state index contributed by atoms with van der Waals surface area (Å²) in [7, 11) is -3.79. The summed E-state index contributed by atoms with van der Waals surface area (Å²) < 4.78 is 26.2. The number of hydrogen-bond donors (Lipinski definition) is 1. The maximum Gasteiger partial charge on any atom is 0.244 e. The van der Waals surface area contributed by atoms with Gasteiger partial charge in [0.25, 0.3) is 0 Å². The van der Waals surface area contributed by atoms with Crippen molar-refractivity contribution in [1.29, 1.82) is 0 Å². The standard InChI is InChI=1S/C25H34ClN3O4S/c1-6-22(24(31)27-25(2,3)4)28(16-15-19-11-8-7-9-12-19)23(30)18-29(34(5,32)33)21-14-10-13-20(26)17-21/h7-14,17,22H,6,15-16,18H2,1-5H3,(H,27,31)/t22-/m1/s1. The van der Waals surface area contributed by atoms with E-state index in [1.807, 2.05) is 58.0 Å². The summed E-state index contributed by atoms with van der Waals surface area (Å²) in [6.45, 7) is 7.29. The van der Waals surface area contributed by atoms with E-state index in [4.69, 9.17) is 11.6 Å². The third-order valence-corrected chi connectivity index (χ3v) is 6.52. The number of nitrogens with zero attached hydrogens (tertiary/aromatic N) is 2. The van der Waals surface area contributed by atoms with Crippen LogP contribution in [0.25, 0.3) is 0 Å². The summed E-state index contributed by atoms with van der Waals surface area (Å²) >= 11 is 6.06. The van der Waals surface area contributed by atoms with Crippen molar-refractivity contribution in [2.75, 3.05) is 23.7 Å². The van der Waals surface area contributed by atoms with Gasteiger partial charge in [-0.2, -0.15) is 0 Å². The van der Waals surface area contributed by atoms with Crippen molar-refractivity contribution in [2.24, 2.45) is 0 Å². The second kappa shape index (κ2) is 11.7. The number of rotatable bonds is 10. The van der Waals surface area contributed by atoms with E-state index in [9.17, 15) is 18.0 Å². The molecular weight excluding hydrogens is 474 g/mol. The first-order valence-corrected chi connectivity index (χ1v) is 13.4. The number of carbonyl (C=O) groups excluding carboxylic acids is 2. The van der Waals surface area contributed by atoms with E-state index < -0.39 is 34.1 Å². The van der Waals surface area contributed by atoms with Crippen molar-refractivity contribution in [3.63, 3.8) is 0 Å². The largest absolute Gasteiger partial charge is 0.350 e. The van der Waals surface area contributed by atoms with E-state index in [0.29, 0.717) is 23.6 Å². The van der Waals surface area contributed by atoms with Gasteiger partial charge in [-0.3, -0.25) is 13.9 Å². The molecule has 0 aliphatic heterocycles. The van der Waals surface area contributed by atoms with E-state index in [2.05, 4.69) is 5.32 Å². The van der Waals surface area contributed by atoms with Crippen LogP contribution in [0.3, 0.4) is 0 Å². The van der Waals surface area contributed by atoms with Gasteiger partial charge in [0.2, 0.25) is 21.8 Å². The van der Waals surface area contributed by atoms with Crippen LogP contribution in [-0.2, 0) is 26.0 Å². The van der Waals surface area contributed by atoms with Gasteiger partial charge in [0.1, 0.15) is 12.6 Å². The molecule has 2 amide bonds. The predicted molar refractivity (Wildman–Crippen MR) is 137 cm³/mol. The Morgan fingerprint density at radius 1 is 1.06 bits per heavy atom. The van der Waals surface area contributed by atoms with Crippen LogP contribution in [0, 0.1) is 0 Å². The van der Waals surface area contributed by atoms with Crippen LogP contribution in [0.2, 0.25) is 5.02 Å². The molecule has 0 heterocycles. The van der Waals surface area contributed by atoms with Gasteiger partial charge in [0, 0.05) is 17.1 Å². The fourth-order valence-electron chi connectivity index (χ4n) is 3.59. The van der Waals surface area contributed by atoms with Gasteiger partial charge < -0.3 is 10.2 Å². The summed E-state index contributed by atoms with van der Waals surface area (Å²) in [6, 6.07) is 15.2. The fraction of sp³-hybridized carbons (Fsp3) is 0.440. The first-order chi connectivity index (χ1) is 15.8. The molecule has 0 saturated carbocycles. The number of carbonyl (C=O) groups is 2. The molecule has 34 heavy (non-hydrogen) atoms. The molecular formula is C25H34ClN3O4S. The lowest BCUT2D eigenvalue weighted by Gasteiger charge is -2.34. The first-order valence-electron chi connectivity index (χ1n) is 11.2. The van der Waals surface area contributed by atoms with E-state index in [0.717, 1.165) is 16.1 Å². The maximum atomic E-state index is 13.6. The minimum atomic E-state index is -3.79. The molecule has 186 valence electrons. The second-order valence-electron chi connectivity index (χ2n) is 9.24. The smallest absolute Gasteiger partial charge is 0.244 e. The SMILES string of the molecule is CC[C@H](C(=O)NC(C)(C)C)N(CCc1ccccc1)C(=O)CN(c1cccc(Cl)c1)S(C)(=O)=O. The second-order valence-corrected chi connectivity index (χ2v) is 11.6. The van der Waals surface area contributed by atoms with Crippen LogP contribution >= 0.6 is 11.6 Å². The Kier molecular flexibility index (Phi) is 9.53. The summed E-state index contributed by atoms with van der Waals surface area (Å²) in [6.07, 6.45) is 1.96. The third kappa shape index (κ3) is 8.33. The Morgan fingerprint density at radius 3 is 2.24 bits per heavy atom. The lowest BCUT2D eigenvalue weighted by atomic mass is 10.1. The highest BCUT2D eigenvalue weighted by Gasteiger charge is 2.32. The molecule has 0 aliphatic rings. The zero-order valence-electron chi connectivity index (χ0n) is 20.4. The Labute approximate surface area is 208 Å². The molecule has 0 aliphatic carbocycles. The lowest BCUT2D eigenvalue weighted by molar-refractivity contribution is -0.140. The van der Waals surface area contributed by atoms with E-state index in [-0.39, 0.29) is 12.5 Å². The normalized spacial score (nSPS) is 12.6. The number of amides is 2. The van der Waals surface area contributed by atoms with Crippen molar-refractivity contribution < 1.29 is 18.0 Å². The van der Waals surface area contributed by atoms with E-state index in [1.165, 1.54) is 11.0 Å². The van der Waals surface area contributed by atoms with Gasteiger partial charge >= 0.3 is 0 Å². The first kappa shape index (κ1) is 27.7. The van der Waals surface area contributed by atoms with Crippen molar-refractivity contribution in [2.45, 2.75) is 52.1 Å². The van der Waals surface area contributed by atoms with Crippen molar-refractivity contribution in [3.05, 3.63) is 65.2 Å². The van der Waals surface area contributed by atoms with Crippen LogP contribution in [-0.4, -0.2) is 56.1 Å². The number of halogens is 1. The molecule has 0 bridgehead atoms. The number of sulfonamides is 1. The molecule has 0 unspecified atom stereocenters. The molecule has 1 N–H and O–H groups in total. The van der Waals surface area contributed by atoms with Gasteiger partial charge in [-0.05, 0) is 57.4 Å². The topological polar surface area (TPSA) is 86.8 Å². The van der Waals surface area contributed by atoms with Gasteiger partial charge in [-0.15, -0.1) is 0 Å². The average molecular weight is 508 g/mol.